The summed E-state index contributed by atoms with van der Waals surface area (Å²) in [5, 5.41) is 4.99. The summed E-state index contributed by atoms with van der Waals surface area (Å²) in [4.78, 5) is 4.66. The van der Waals surface area contributed by atoms with E-state index in [1.807, 2.05) is 0 Å². The highest BCUT2D eigenvalue weighted by molar-refractivity contribution is 6.10. The van der Waals surface area contributed by atoms with Gasteiger partial charge in [-0.3, -0.25) is 0 Å². The number of allylic oxidation sites excluding steroid dienone is 4. The number of anilines is 5. The molecule has 0 spiro atoms. The Morgan fingerprint density at radius 2 is 0.667 bits per heavy atom. The molecule has 78 heavy (non-hydrogen) atoms. The molecule has 0 bridgehead atoms. The Kier molecular flexibility index (Phi) is 11.7. The minimum Gasteiger partial charge on any atom is -0.310 e. The topological polar surface area (TPSA) is 16.3 Å². The molecule has 2 aromatic heterocycles. The van der Waals surface area contributed by atoms with Crippen molar-refractivity contribution in [2.75, 3.05) is 9.80 Å². The summed E-state index contributed by atoms with van der Waals surface area (Å²) in [6.07, 6.45) is 8.55. The largest absolute Gasteiger partial charge is 0.310 e. The first-order valence-electron chi connectivity index (χ1n) is 26.5. The molecule has 4 heteroatoms. The van der Waals surface area contributed by atoms with E-state index in [1.165, 1.54) is 43.6 Å². The molecule has 0 N–H and O–H groups in total. The molecular formula is C74H50N4. The van der Waals surface area contributed by atoms with Gasteiger partial charge in [-0.15, -0.1) is 0 Å². The first kappa shape index (κ1) is 46.0. The standard InChI is InChI=1S/C74H50N4/c1-3-19-55(20-4-1)63-23-7-13-29-69(63)75(59-45-49-61(50-46-59)77-71-31-15-9-25-65(71)66-26-10-16-32-72(66)77)57-41-37-53(38-42-57)35-36-54-39-43-58(44-40-54)76(70-30-14-8-24-64(70)56-21-5-2-6-22-56)60-47-51-62(52-48-60)78-73-33-17-11-27-67(73)68-28-12-18-34-74(68)78/h1-39,41-43,45-52H/b36-35+. The maximum atomic E-state index is 3.59. The van der Waals surface area contributed by atoms with Gasteiger partial charge in [0.2, 0.25) is 0 Å². The predicted octanol–water partition coefficient (Wildman–Crippen LogP) is 19.7. The molecule has 4 nitrogen and oxygen atoms in total. The Balaban J connectivity index is 0.809. The van der Waals surface area contributed by atoms with E-state index < -0.39 is 0 Å². The van der Waals surface area contributed by atoms with E-state index in [1.54, 1.807) is 0 Å². The van der Waals surface area contributed by atoms with Gasteiger partial charge >= 0.3 is 0 Å². The molecule has 0 unspecified atom stereocenters. The van der Waals surface area contributed by atoms with Gasteiger partial charge in [0.05, 0.1) is 39.1 Å². The van der Waals surface area contributed by atoms with E-state index in [-0.39, 0.29) is 0 Å². The highest BCUT2D eigenvalue weighted by atomic mass is 15.2. The van der Waals surface area contributed by atoms with Crippen molar-refractivity contribution in [3.8, 4) is 33.6 Å². The lowest BCUT2D eigenvalue weighted by molar-refractivity contribution is 1.16. The van der Waals surface area contributed by atoms with Gasteiger partial charge in [-0.2, -0.15) is 0 Å². The SMILES string of the molecule is C1=C=C(N(c2ccc(-n3c4ccccc4c4ccccc43)cc2)c2ccccc2-c2ccccc2)C=CC=1/C=C/c1ccc(N(c2ccc(-n3c4ccccc4c4ccccc43)cc2)c2ccccc2-c2ccccc2)cc1. The van der Waals surface area contributed by atoms with Crippen LogP contribution in [0.15, 0.2) is 320 Å². The minimum atomic E-state index is 0.892. The molecule has 0 amide bonds. The smallest absolute Gasteiger partial charge is 0.0974 e. The third-order valence-corrected chi connectivity index (χ3v) is 15.0. The molecule has 0 saturated heterocycles. The highest BCUT2D eigenvalue weighted by Crippen LogP contribution is 2.43. The lowest BCUT2D eigenvalue weighted by Crippen LogP contribution is -2.16. The van der Waals surface area contributed by atoms with Crippen LogP contribution in [0, 0.1) is 0 Å². The summed E-state index contributed by atoms with van der Waals surface area (Å²) < 4.78 is 4.73. The first-order chi connectivity index (χ1) is 38.7. The monoisotopic (exact) mass is 994 g/mol. The van der Waals surface area contributed by atoms with Gasteiger partial charge in [-0.1, -0.05) is 194 Å². The van der Waals surface area contributed by atoms with Crippen molar-refractivity contribution in [2.24, 2.45) is 0 Å². The summed E-state index contributed by atoms with van der Waals surface area (Å²) in [6.45, 7) is 0. The molecule has 0 radical (unpaired) electrons. The third kappa shape index (κ3) is 8.33. The van der Waals surface area contributed by atoms with Gasteiger partial charge in [0.15, 0.2) is 0 Å². The number of nitrogens with zero attached hydrogens (tertiary/aromatic N) is 4. The normalized spacial score (nSPS) is 12.2. The zero-order valence-electron chi connectivity index (χ0n) is 42.7. The lowest BCUT2D eigenvalue weighted by Gasteiger charge is -2.28. The van der Waals surface area contributed by atoms with E-state index in [4.69, 9.17) is 0 Å². The van der Waals surface area contributed by atoms with E-state index in [0.717, 1.165) is 78.9 Å². The Bertz CT molecular complexity index is 4440. The molecule has 1 aliphatic carbocycles. The number of fused-ring (bicyclic) bond motifs is 6. The second-order valence-corrected chi connectivity index (χ2v) is 19.6. The van der Waals surface area contributed by atoms with Crippen LogP contribution in [-0.4, -0.2) is 9.13 Å². The fraction of sp³-hybridized carbons (Fsp3) is 0. The van der Waals surface area contributed by atoms with Crippen molar-refractivity contribution in [3.63, 3.8) is 0 Å². The van der Waals surface area contributed by atoms with Crippen LogP contribution in [0.2, 0.25) is 0 Å². The van der Waals surface area contributed by atoms with Crippen molar-refractivity contribution < 1.29 is 0 Å². The molecule has 1 aliphatic rings. The van der Waals surface area contributed by atoms with Crippen LogP contribution < -0.4 is 9.80 Å². The number of hydrogen-bond donors (Lipinski definition) is 0. The lowest BCUT2D eigenvalue weighted by atomic mass is 10.0. The highest BCUT2D eigenvalue weighted by Gasteiger charge is 2.21. The molecule has 0 atom stereocenters. The van der Waals surface area contributed by atoms with Gasteiger partial charge in [-0.25, -0.2) is 0 Å². The third-order valence-electron chi connectivity index (χ3n) is 15.0. The fourth-order valence-corrected chi connectivity index (χ4v) is 11.3. The number of hydrogen-bond acceptors (Lipinski definition) is 2. The minimum absolute atomic E-state index is 0.892. The average molecular weight is 995 g/mol. The number of rotatable bonds is 12. The first-order valence-corrected chi connectivity index (χ1v) is 26.5. The van der Waals surface area contributed by atoms with Gasteiger partial charge < -0.3 is 18.9 Å². The summed E-state index contributed by atoms with van der Waals surface area (Å²) in [7, 11) is 0. The molecule has 13 aromatic rings. The molecule has 0 aliphatic heterocycles. The van der Waals surface area contributed by atoms with E-state index in [0.29, 0.717) is 0 Å². The van der Waals surface area contributed by atoms with Crippen molar-refractivity contribution in [3.05, 3.63) is 326 Å². The number of aromatic nitrogens is 2. The predicted molar refractivity (Wildman–Crippen MR) is 328 cm³/mol. The number of para-hydroxylation sites is 6. The van der Waals surface area contributed by atoms with Gasteiger partial charge in [0, 0.05) is 66.7 Å². The molecule has 14 rings (SSSR count). The number of benzene rings is 11. The second kappa shape index (κ2) is 19.9. The van der Waals surface area contributed by atoms with E-state index in [2.05, 4.69) is 334 Å². The van der Waals surface area contributed by atoms with Gasteiger partial charge in [0.1, 0.15) is 0 Å². The maximum absolute atomic E-state index is 3.59. The Morgan fingerprint density at radius 3 is 1.10 bits per heavy atom. The Morgan fingerprint density at radius 1 is 0.295 bits per heavy atom. The van der Waals surface area contributed by atoms with Crippen LogP contribution in [0.3, 0.4) is 0 Å². The van der Waals surface area contributed by atoms with Crippen LogP contribution >= 0.6 is 0 Å². The van der Waals surface area contributed by atoms with Crippen LogP contribution in [0.4, 0.5) is 28.4 Å². The summed E-state index contributed by atoms with van der Waals surface area (Å²) in [5.41, 5.74) is 26.9. The molecular weight excluding hydrogens is 945 g/mol. The van der Waals surface area contributed by atoms with E-state index in [9.17, 15) is 0 Å². The summed E-state index contributed by atoms with van der Waals surface area (Å²) in [6, 6.07) is 99.9. The maximum Gasteiger partial charge on any atom is 0.0974 e. The fourth-order valence-electron chi connectivity index (χ4n) is 11.3. The second-order valence-electron chi connectivity index (χ2n) is 19.6. The average Bonchev–Trinajstić information content (AvgIpc) is 4.22. The van der Waals surface area contributed by atoms with Gasteiger partial charge in [0.25, 0.3) is 0 Å². The van der Waals surface area contributed by atoms with Crippen molar-refractivity contribution >= 4 is 78.1 Å². The summed E-state index contributed by atoms with van der Waals surface area (Å²) in [5.74, 6) is 0. The quantitative estimate of drug-likeness (QED) is 0.113. The molecule has 366 valence electrons. The van der Waals surface area contributed by atoms with Crippen LogP contribution in [0.1, 0.15) is 5.56 Å². The van der Waals surface area contributed by atoms with Crippen molar-refractivity contribution in [1.82, 2.24) is 9.13 Å². The molecule has 0 saturated carbocycles. The van der Waals surface area contributed by atoms with Crippen LogP contribution in [-0.2, 0) is 0 Å². The Labute approximate surface area is 453 Å². The molecule has 0 fully saturated rings. The van der Waals surface area contributed by atoms with E-state index >= 15 is 0 Å². The molecule has 11 aromatic carbocycles. The summed E-state index contributed by atoms with van der Waals surface area (Å²) >= 11 is 0. The van der Waals surface area contributed by atoms with Crippen LogP contribution in [0.25, 0.3) is 83.3 Å². The zero-order valence-corrected chi connectivity index (χ0v) is 42.7. The van der Waals surface area contributed by atoms with Crippen molar-refractivity contribution in [1.29, 1.82) is 0 Å². The van der Waals surface area contributed by atoms with Gasteiger partial charge in [-0.05, 0) is 138 Å². The molecule has 2 heterocycles. The zero-order chi connectivity index (χ0) is 51.8. The van der Waals surface area contributed by atoms with Crippen molar-refractivity contribution in [2.45, 2.75) is 0 Å². The Hall–Kier alpha value is -10.6. The van der Waals surface area contributed by atoms with Crippen LogP contribution in [0.5, 0.6) is 0 Å².